The Kier molecular flexibility index (Phi) is 6.10. The molecule has 25 heavy (non-hydrogen) atoms. The number of amides is 1. The molecule has 0 aliphatic carbocycles. The molecule has 1 aromatic carbocycles. The summed E-state index contributed by atoms with van der Waals surface area (Å²) in [6.07, 6.45) is 2.60. The first-order valence-corrected chi connectivity index (χ1v) is 9.45. The summed E-state index contributed by atoms with van der Waals surface area (Å²) in [5, 5.41) is 3.66. The van der Waals surface area contributed by atoms with Crippen molar-refractivity contribution in [2.24, 2.45) is 17.1 Å². The van der Waals surface area contributed by atoms with Crippen molar-refractivity contribution in [2.75, 3.05) is 32.8 Å². The van der Waals surface area contributed by atoms with E-state index in [0.717, 1.165) is 38.9 Å². The molecule has 1 aromatic rings. The maximum absolute atomic E-state index is 12.0. The van der Waals surface area contributed by atoms with Crippen LogP contribution in [0.3, 0.4) is 0 Å². The minimum atomic E-state index is -0.441. The molecule has 1 amide bonds. The van der Waals surface area contributed by atoms with Crippen LogP contribution in [0.4, 0.5) is 0 Å². The smallest absolute Gasteiger partial charge is 0.225 e. The molecule has 3 N–H and O–H groups in total. The van der Waals surface area contributed by atoms with Gasteiger partial charge in [0, 0.05) is 45.4 Å². The quantitative estimate of drug-likeness (QED) is 0.825. The van der Waals surface area contributed by atoms with Gasteiger partial charge in [-0.15, -0.1) is 0 Å². The number of carbonyl (C=O) groups excluding carboxylic acids is 1. The molecule has 0 unspecified atom stereocenters. The number of nitrogens with two attached hydrogens (primary N) is 1. The fourth-order valence-corrected chi connectivity index (χ4v) is 4.19. The van der Waals surface area contributed by atoms with Crippen LogP contribution in [0.1, 0.15) is 31.7 Å². The van der Waals surface area contributed by atoms with Crippen LogP contribution >= 0.6 is 0 Å². The van der Waals surface area contributed by atoms with Gasteiger partial charge in [0.15, 0.2) is 0 Å². The Labute approximate surface area is 150 Å². The average Bonchev–Trinajstić information content (AvgIpc) is 2.61. The van der Waals surface area contributed by atoms with Gasteiger partial charge in [-0.1, -0.05) is 37.3 Å². The highest BCUT2D eigenvalue weighted by atomic mass is 16.5. The molecular formula is C20H31N3O2. The lowest BCUT2D eigenvalue weighted by atomic mass is 9.79. The summed E-state index contributed by atoms with van der Waals surface area (Å²) in [4.78, 5) is 14.6. The molecule has 5 nitrogen and oxygen atoms in total. The van der Waals surface area contributed by atoms with E-state index in [1.54, 1.807) is 0 Å². The molecule has 5 heteroatoms. The molecule has 2 heterocycles. The van der Waals surface area contributed by atoms with Crippen LogP contribution in [-0.4, -0.2) is 49.7 Å². The average molecular weight is 345 g/mol. The van der Waals surface area contributed by atoms with E-state index in [1.807, 2.05) is 0 Å². The Bertz CT molecular complexity index is 557. The van der Waals surface area contributed by atoms with E-state index in [1.165, 1.54) is 5.56 Å². The Morgan fingerprint density at radius 3 is 2.68 bits per heavy atom. The molecule has 0 spiro atoms. The second-order valence-electron chi connectivity index (χ2n) is 7.86. The fraction of sp³-hybridized carbons (Fsp3) is 0.650. The van der Waals surface area contributed by atoms with E-state index in [4.69, 9.17) is 10.5 Å². The standard InChI is InChI=1S/C20H31N3O2/c1-16-11-18(14-23(12-16)13-17-5-3-2-4-6-17)22-15-20(19(21)24)7-9-25-10-8-20/h2-6,16,18,22H,7-15H2,1H3,(H2,21,24)/t16-,18+/m1/s1. The zero-order chi connectivity index (χ0) is 17.7. The molecule has 2 aliphatic rings. The van der Waals surface area contributed by atoms with Crippen molar-refractivity contribution in [2.45, 2.75) is 38.8 Å². The highest BCUT2D eigenvalue weighted by Gasteiger charge is 2.39. The molecular weight excluding hydrogens is 314 g/mol. The van der Waals surface area contributed by atoms with Gasteiger partial charge in [-0.3, -0.25) is 9.69 Å². The SMILES string of the molecule is C[C@@H]1C[C@H](NCC2(C(N)=O)CCOCC2)CN(Cc2ccccc2)C1. The number of hydrogen-bond acceptors (Lipinski definition) is 4. The predicted molar refractivity (Wildman–Crippen MR) is 99.0 cm³/mol. The van der Waals surface area contributed by atoms with Crippen molar-refractivity contribution in [1.29, 1.82) is 0 Å². The predicted octanol–water partition coefficient (Wildman–Crippen LogP) is 1.77. The lowest BCUT2D eigenvalue weighted by molar-refractivity contribution is -0.133. The van der Waals surface area contributed by atoms with Crippen LogP contribution in [0.15, 0.2) is 30.3 Å². The highest BCUT2D eigenvalue weighted by Crippen LogP contribution is 2.30. The molecule has 3 rings (SSSR count). The third-order valence-electron chi connectivity index (χ3n) is 5.69. The molecule has 138 valence electrons. The molecule has 2 saturated heterocycles. The van der Waals surface area contributed by atoms with Gasteiger partial charge in [0.05, 0.1) is 5.41 Å². The van der Waals surface area contributed by atoms with E-state index < -0.39 is 5.41 Å². The Morgan fingerprint density at radius 1 is 1.28 bits per heavy atom. The van der Waals surface area contributed by atoms with Crippen molar-refractivity contribution < 1.29 is 9.53 Å². The summed E-state index contributed by atoms with van der Waals surface area (Å²) >= 11 is 0. The lowest BCUT2D eigenvalue weighted by Gasteiger charge is -2.40. The number of carbonyl (C=O) groups is 1. The summed E-state index contributed by atoms with van der Waals surface area (Å²) in [6, 6.07) is 11.0. The van der Waals surface area contributed by atoms with Gasteiger partial charge in [-0.2, -0.15) is 0 Å². The number of benzene rings is 1. The Morgan fingerprint density at radius 2 is 2.00 bits per heavy atom. The maximum Gasteiger partial charge on any atom is 0.225 e. The number of piperidine rings is 1. The number of nitrogens with zero attached hydrogens (tertiary/aromatic N) is 1. The van der Waals surface area contributed by atoms with Gasteiger partial charge in [0.2, 0.25) is 5.91 Å². The van der Waals surface area contributed by atoms with Crippen LogP contribution < -0.4 is 11.1 Å². The minimum Gasteiger partial charge on any atom is -0.381 e. The third-order valence-corrected chi connectivity index (χ3v) is 5.69. The first kappa shape index (κ1) is 18.4. The summed E-state index contributed by atoms with van der Waals surface area (Å²) in [7, 11) is 0. The van der Waals surface area contributed by atoms with Gasteiger partial charge in [-0.05, 0) is 30.7 Å². The van der Waals surface area contributed by atoms with Crippen molar-refractivity contribution in [3.8, 4) is 0 Å². The van der Waals surface area contributed by atoms with E-state index >= 15 is 0 Å². The van der Waals surface area contributed by atoms with Gasteiger partial charge in [-0.25, -0.2) is 0 Å². The summed E-state index contributed by atoms with van der Waals surface area (Å²) < 4.78 is 5.42. The highest BCUT2D eigenvalue weighted by molar-refractivity contribution is 5.81. The number of hydrogen-bond donors (Lipinski definition) is 2. The van der Waals surface area contributed by atoms with Gasteiger partial charge < -0.3 is 15.8 Å². The monoisotopic (exact) mass is 345 g/mol. The normalized spacial score (nSPS) is 27.1. The molecule has 2 atom stereocenters. The van der Waals surface area contributed by atoms with Crippen molar-refractivity contribution in [1.82, 2.24) is 10.2 Å². The van der Waals surface area contributed by atoms with Gasteiger partial charge >= 0.3 is 0 Å². The maximum atomic E-state index is 12.0. The van der Waals surface area contributed by atoms with Crippen LogP contribution in [0.25, 0.3) is 0 Å². The zero-order valence-electron chi connectivity index (χ0n) is 15.2. The minimum absolute atomic E-state index is 0.187. The van der Waals surface area contributed by atoms with Crippen LogP contribution in [0, 0.1) is 11.3 Å². The number of rotatable bonds is 6. The van der Waals surface area contributed by atoms with E-state index in [2.05, 4.69) is 47.5 Å². The van der Waals surface area contributed by atoms with Gasteiger partial charge in [0.25, 0.3) is 0 Å². The molecule has 0 saturated carbocycles. The summed E-state index contributed by atoms with van der Waals surface area (Å²) in [5.41, 5.74) is 6.64. The van der Waals surface area contributed by atoms with E-state index in [-0.39, 0.29) is 5.91 Å². The second-order valence-corrected chi connectivity index (χ2v) is 7.86. The first-order valence-electron chi connectivity index (χ1n) is 9.45. The summed E-state index contributed by atoms with van der Waals surface area (Å²) in [6.45, 7) is 7.37. The van der Waals surface area contributed by atoms with Crippen molar-refractivity contribution in [3.63, 3.8) is 0 Å². The summed E-state index contributed by atoms with van der Waals surface area (Å²) in [5.74, 6) is 0.461. The molecule has 0 bridgehead atoms. The number of ether oxygens (including phenoxy) is 1. The van der Waals surface area contributed by atoms with Gasteiger partial charge in [0.1, 0.15) is 0 Å². The molecule has 0 radical (unpaired) electrons. The van der Waals surface area contributed by atoms with Crippen molar-refractivity contribution in [3.05, 3.63) is 35.9 Å². The Hall–Kier alpha value is -1.43. The van der Waals surface area contributed by atoms with Crippen molar-refractivity contribution >= 4 is 5.91 Å². The second kappa shape index (κ2) is 8.30. The van der Waals surface area contributed by atoms with Crippen LogP contribution in [-0.2, 0) is 16.1 Å². The third kappa shape index (κ3) is 4.81. The number of primary amides is 1. The number of nitrogens with one attached hydrogen (secondary N) is 1. The molecule has 2 fully saturated rings. The Balaban J connectivity index is 1.57. The lowest BCUT2D eigenvalue weighted by Crippen LogP contribution is -2.54. The topological polar surface area (TPSA) is 67.6 Å². The van der Waals surface area contributed by atoms with E-state index in [0.29, 0.717) is 31.7 Å². The first-order chi connectivity index (χ1) is 12.1. The number of likely N-dealkylation sites (tertiary alicyclic amines) is 1. The molecule has 0 aromatic heterocycles. The fourth-order valence-electron chi connectivity index (χ4n) is 4.19. The zero-order valence-corrected chi connectivity index (χ0v) is 15.2. The molecule has 2 aliphatic heterocycles. The van der Waals surface area contributed by atoms with Crippen LogP contribution in [0.5, 0.6) is 0 Å². The largest absolute Gasteiger partial charge is 0.381 e. The van der Waals surface area contributed by atoms with E-state index in [9.17, 15) is 4.79 Å². The van der Waals surface area contributed by atoms with Crippen LogP contribution in [0.2, 0.25) is 0 Å².